The summed E-state index contributed by atoms with van der Waals surface area (Å²) >= 11 is 1.14. The van der Waals surface area contributed by atoms with Gasteiger partial charge >= 0.3 is 0 Å². The number of thioether (sulfide) groups is 1. The highest BCUT2D eigenvalue weighted by Crippen LogP contribution is 2.59. The van der Waals surface area contributed by atoms with Gasteiger partial charge in [-0.1, -0.05) is 24.5 Å². The zero-order valence-electron chi connectivity index (χ0n) is 28.5. The van der Waals surface area contributed by atoms with Crippen molar-refractivity contribution in [1.82, 2.24) is 0 Å². The number of phenols is 1. The van der Waals surface area contributed by atoms with Crippen LogP contribution in [0.3, 0.4) is 0 Å². The third-order valence-electron chi connectivity index (χ3n) is 10.2. The Bertz CT molecular complexity index is 2330. The lowest BCUT2D eigenvalue weighted by Crippen LogP contribution is -2.20. The number of benzene rings is 5. The van der Waals surface area contributed by atoms with Gasteiger partial charge in [0.1, 0.15) is 23.0 Å². The lowest BCUT2D eigenvalue weighted by molar-refractivity contribution is -0.117. The standard InChI is InChI=1S/C38H40N2O8S/c1-7-39-32-19-14-16(2)22(17(3)42)29-26-23(19)27-30(37(48-6)38(49-13-12-41)35(45)31(27)34(32)44)25-21(46-4)15-20(43)24(28(25)26)33(36(29)47-5)40-18-10-8-9-11-18/h14-15,18,22,39-41,44H,7-13H2,1-6H3. The summed E-state index contributed by atoms with van der Waals surface area (Å²) in [6.45, 7) is 5.57. The number of hydrogen-bond acceptors (Lipinski definition) is 11. The summed E-state index contributed by atoms with van der Waals surface area (Å²) in [7, 11) is 4.52. The van der Waals surface area contributed by atoms with Crippen LogP contribution in [-0.2, 0) is 4.79 Å². The van der Waals surface area contributed by atoms with Crippen LogP contribution in [0.25, 0.3) is 49.2 Å². The van der Waals surface area contributed by atoms with Crippen LogP contribution in [0.1, 0.15) is 63.5 Å². The monoisotopic (exact) mass is 684 g/mol. The van der Waals surface area contributed by atoms with E-state index >= 15 is 0 Å². The minimum atomic E-state index is -0.763. The number of rotatable bonds is 11. The number of nitrogens with one attached hydrogen (secondary N) is 2. The van der Waals surface area contributed by atoms with Crippen LogP contribution in [0.4, 0.5) is 11.4 Å². The smallest absolute Gasteiger partial charge is 0.207 e. The average Bonchev–Trinajstić information content (AvgIpc) is 3.54. The Hall–Kier alpha value is -4.48. The fourth-order valence-corrected chi connectivity index (χ4v) is 9.25. The molecule has 1 unspecified atom stereocenters. The number of fused-ring (bicyclic) bond motifs is 1. The second-order valence-electron chi connectivity index (χ2n) is 12.9. The van der Waals surface area contributed by atoms with Crippen molar-refractivity contribution in [3.05, 3.63) is 43.2 Å². The first-order valence-corrected chi connectivity index (χ1v) is 17.7. The van der Waals surface area contributed by atoms with E-state index in [2.05, 4.69) is 10.6 Å². The van der Waals surface area contributed by atoms with Gasteiger partial charge in [-0.3, -0.25) is 14.4 Å². The molecule has 0 radical (unpaired) electrons. The van der Waals surface area contributed by atoms with E-state index in [-0.39, 0.29) is 57.1 Å². The van der Waals surface area contributed by atoms with Crippen molar-refractivity contribution in [2.75, 3.05) is 50.9 Å². The molecule has 0 heterocycles. The average molecular weight is 685 g/mol. The first kappa shape index (κ1) is 33.0. The molecule has 1 atom stereocenters. The van der Waals surface area contributed by atoms with Gasteiger partial charge in [0.25, 0.3) is 0 Å². The van der Waals surface area contributed by atoms with Crippen LogP contribution in [0.2, 0.25) is 0 Å². The quantitative estimate of drug-likeness (QED) is 0.0518. The van der Waals surface area contributed by atoms with Crippen molar-refractivity contribution < 1.29 is 29.2 Å². The van der Waals surface area contributed by atoms with E-state index in [4.69, 9.17) is 14.2 Å². The van der Waals surface area contributed by atoms with Crippen molar-refractivity contribution in [3.8, 4) is 23.0 Å². The van der Waals surface area contributed by atoms with Gasteiger partial charge in [0.15, 0.2) is 11.2 Å². The number of anilines is 2. The Balaban J connectivity index is 1.92. The first-order valence-electron chi connectivity index (χ1n) is 16.7. The summed E-state index contributed by atoms with van der Waals surface area (Å²) in [5.74, 6) is 0.0289. The number of allylic oxidation sites excluding steroid dienone is 1. The molecular formula is C38H40N2O8S. The van der Waals surface area contributed by atoms with Crippen molar-refractivity contribution in [1.29, 1.82) is 0 Å². The van der Waals surface area contributed by atoms with Gasteiger partial charge in [-0.25, -0.2) is 0 Å². The summed E-state index contributed by atoms with van der Waals surface area (Å²) in [6.07, 6.45) is 5.87. The molecule has 0 bridgehead atoms. The number of carbonyl (C=O) groups is 1. The lowest BCUT2D eigenvalue weighted by atomic mass is 9.80. The number of phenolic OH excluding ortho intramolecular Hbond substituents is 1. The van der Waals surface area contributed by atoms with Crippen molar-refractivity contribution in [2.24, 2.45) is 0 Å². The Morgan fingerprint density at radius 2 is 1.61 bits per heavy atom. The summed E-state index contributed by atoms with van der Waals surface area (Å²) in [5, 5.41) is 32.5. The molecule has 2 aliphatic carbocycles. The SMILES string of the molecule is CCNc1c(O)c2c(=O)c(SCCO)c(OC)c3c4c(OC)cc(=O)c5c(NC6CCCC6)c(OC)c6c(c(c1C=C(C)C6C(C)=O)c23)c54. The third kappa shape index (κ3) is 4.61. The maximum absolute atomic E-state index is 14.6. The van der Waals surface area contributed by atoms with Crippen LogP contribution in [0.5, 0.6) is 23.0 Å². The third-order valence-corrected chi connectivity index (χ3v) is 11.2. The van der Waals surface area contributed by atoms with Crippen molar-refractivity contribution >= 4 is 78.1 Å². The van der Waals surface area contributed by atoms with Crippen LogP contribution >= 0.6 is 11.8 Å². The zero-order valence-corrected chi connectivity index (χ0v) is 29.3. The van der Waals surface area contributed by atoms with Gasteiger partial charge in [0.2, 0.25) is 5.43 Å². The van der Waals surface area contributed by atoms with Crippen molar-refractivity contribution in [3.63, 3.8) is 0 Å². The fraction of sp³-hybridized carbons (Fsp3) is 0.395. The van der Waals surface area contributed by atoms with E-state index in [1.807, 2.05) is 19.9 Å². The first-order chi connectivity index (χ1) is 23.6. The summed E-state index contributed by atoms with van der Waals surface area (Å²) in [4.78, 5) is 43.0. The minimum absolute atomic E-state index is 0.0726. The van der Waals surface area contributed by atoms with E-state index in [1.165, 1.54) is 20.3 Å². The lowest BCUT2D eigenvalue weighted by Gasteiger charge is -2.28. The fourth-order valence-electron chi connectivity index (χ4n) is 8.40. The topological polar surface area (TPSA) is 143 Å². The number of ketones is 1. The molecule has 49 heavy (non-hydrogen) atoms. The van der Waals surface area contributed by atoms with E-state index < -0.39 is 11.3 Å². The summed E-state index contributed by atoms with van der Waals surface area (Å²) < 4.78 is 18.3. The second kappa shape index (κ2) is 12.4. The number of aliphatic hydroxyl groups is 1. The Labute approximate surface area is 287 Å². The van der Waals surface area contributed by atoms with Gasteiger partial charge in [0, 0.05) is 62.5 Å². The normalized spacial score (nSPS) is 16.2. The van der Waals surface area contributed by atoms with Gasteiger partial charge in [-0.05, 0) is 39.0 Å². The van der Waals surface area contributed by atoms with Crippen LogP contribution in [0, 0.1) is 0 Å². The van der Waals surface area contributed by atoms with Crippen molar-refractivity contribution in [2.45, 2.75) is 63.3 Å². The molecule has 0 aliphatic heterocycles. The molecule has 0 amide bonds. The molecule has 1 saturated carbocycles. The Kier molecular flexibility index (Phi) is 8.39. The van der Waals surface area contributed by atoms with Crippen LogP contribution < -0.4 is 35.7 Å². The Morgan fingerprint density at radius 1 is 0.918 bits per heavy atom. The Morgan fingerprint density at radius 3 is 2.22 bits per heavy atom. The highest BCUT2D eigenvalue weighted by Gasteiger charge is 2.38. The van der Waals surface area contributed by atoms with Gasteiger partial charge in [0.05, 0.1) is 60.9 Å². The number of aliphatic hydroxyl groups excluding tert-OH is 1. The molecule has 4 N–H and O–H groups in total. The highest BCUT2D eigenvalue weighted by atomic mass is 32.2. The molecular weight excluding hydrogens is 644 g/mol. The second-order valence-corrected chi connectivity index (χ2v) is 14.0. The molecule has 0 aromatic heterocycles. The largest absolute Gasteiger partial charge is 0.505 e. The molecule has 11 heteroatoms. The number of hydrogen-bond donors (Lipinski definition) is 4. The molecule has 5 aromatic rings. The maximum Gasteiger partial charge on any atom is 0.207 e. The number of methoxy groups -OCH3 is 3. The van der Waals surface area contributed by atoms with Gasteiger partial charge < -0.3 is 35.1 Å². The van der Waals surface area contributed by atoms with E-state index in [9.17, 15) is 24.6 Å². The molecule has 256 valence electrons. The van der Waals surface area contributed by atoms with Gasteiger partial charge in [-0.15, -0.1) is 11.8 Å². The minimum Gasteiger partial charge on any atom is -0.505 e. The van der Waals surface area contributed by atoms with Crippen LogP contribution in [0.15, 0.2) is 26.1 Å². The predicted octanol–water partition coefficient (Wildman–Crippen LogP) is 6.59. The molecule has 0 spiro atoms. The molecule has 0 saturated heterocycles. The molecule has 10 nitrogen and oxygen atoms in total. The van der Waals surface area contributed by atoms with Crippen LogP contribution in [-0.4, -0.2) is 62.3 Å². The molecule has 2 aliphatic rings. The number of aromatic hydroxyl groups is 1. The summed E-state index contributed by atoms with van der Waals surface area (Å²) in [6, 6.07) is 1.55. The molecule has 1 fully saturated rings. The van der Waals surface area contributed by atoms with E-state index in [1.54, 1.807) is 14.0 Å². The maximum atomic E-state index is 14.6. The molecule has 5 aromatic carbocycles. The highest BCUT2D eigenvalue weighted by molar-refractivity contribution is 7.99. The van der Waals surface area contributed by atoms with E-state index in [0.29, 0.717) is 72.5 Å². The zero-order chi connectivity index (χ0) is 34.9. The number of ether oxygens (including phenoxy) is 3. The van der Waals surface area contributed by atoms with E-state index in [0.717, 1.165) is 43.0 Å². The van der Waals surface area contributed by atoms with Gasteiger partial charge in [-0.2, -0.15) is 0 Å². The number of carbonyl (C=O) groups excluding carboxylic acids is 1. The summed E-state index contributed by atoms with van der Waals surface area (Å²) in [5.41, 5.74) is 2.04. The predicted molar refractivity (Wildman–Crippen MR) is 198 cm³/mol. The molecule has 7 rings (SSSR count). The number of Topliss-reactive ketones (excluding diaryl/α,β-unsaturated/α-hetero) is 1.